The third-order valence-corrected chi connectivity index (χ3v) is 7.15. The summed E-state index contributed by atoms with van der Waals surface area (Å²) < 4.78 is 2.30. The number of para-hydroxylation sites is 3. The predicted octanol–water partition coefficient (Wildman–Crippen LogP) is 7.28. The van der Waals surface area contributed by atoms with Crippen LogP contribution in [0.3, 0.4) is 0 Å². The summed E-state index contributed by atoms with van der Waals surface area (Å²) in [5.41, 5.74) is 8.39. The highest BCUT2D eigenvalue weighted by molar-refractivity contribution is 5.98. The largest absolute Gasteiger partial charge is 0.306 e. The number of hydrogen-bond donors (Lipinski definition) is 0. The Kier molecular flexibility index (Phi) is 5.31. The highest BCUT2D eigenvalue weighted by Crippen LogP contribution is 2.33. The van der Waals surface area contributed by atoms with Gasteiger partial charge in [0.1, 0.15) is 11.4 Å². The Hall–Kier alpha value is -5.82. The third-order valence-electron chi connectivity index (χ3n) is 7.15. The predicted molar refractivity (Wildman–Crippen MR) is 161 cm³/mol. The maximum absolute atomic E-state index is 5.10. The van der Waals surface area contributed by atoms with E-state index in [2.05, 4.69) is 80.0 Å². The van der Waals surface area contributed by atoms with Gasteiger partial charge in [-0.3, -0.25) is 9.97 Å². The van der Waals surface area contributed by atoms with Crippen molar-refractivity contribution in [3.63, 3.8) is 0 Å². The lowest BCUT2D eigenvalue weighted by molar-refractivity contribution is 1.05. The van der Waals surface area contributed by atoms with Crippen LogP contribution in [0.2, 0.25) is 0 Å². The normalized spacial score (nSPS) is 11.4. The number of benzene rings is 3. The van der Waals surface area contributed by atoms with Gasteiger partial charge in [-0.05, 0) is 48.5 Å². The van der Waals surface area contributed by atoms with Crippen molar-refractivity contribution < 1.29 is 0 Å². The second-order valence-electron chi connectivity index (χ2n) is 9.69. The molecule has 0 amide bonds. The van der Waals surface area contributed by atoms with E-state index in [1.165, 1.54) is 5.39 Å². The van der Waals surface area contributed by atoms with E-state index in [4.69, 9.17) is 15.0 Å². The molecule has 5 aromatic heterocycles. The van der Waals surface area contributed by atoms with E-state index in [9.17, 15) is 0 Å². The molecule has 0 bridgehead atoms. The number of rotatable bonds is 4. The van der Waals surface area contributed by atoms with Gasteiger partial charge in [0.25, 0.3) is 0 Å². The Morgan fingerprint density at radius 3 is 1.71 bits per heavy atom. The fourth-order valence-corrected chi connectivity index (χ4v) is 5.23. The van der Waals surface area contributed by atoms with Crippen molar-refractivity contribution >= 4 is 27.5 Å². The lowest BCUT2D eigenvalue weighted by Gasteiger charge is -2.11. The average molecular weight is 528 g/mol. The summed E-state index contributed by atoms with van der Waals surface area (Å²) in [7, 11) is 0. The van der Waals surface area contributed by atoms with E-state index in [0.29, 0.717) is 28.9 Å². The van der Waals surface area contributed by atoms with Crippen molar-refractivity contribution in [3.05, 3.63) is 128 Å². The average Bonchev–Trinajstić information content (AvgIpc) is 3.45. The van der Waals surface area contributed by atoms with Crippen LogP contribution in [-0.2, 0) is 0 Å². The first kappa shape index (κ1) is 23.1. The zero-order valence-corrected chi connectivity index (χ0v) is 21.8. The molecule has 0 atom stereocenters. The topological polar surface area (TPSA) is 81.8 Å². The van der Waals surface area contributed by atoms with E-state index in [1.807, 2.05) is 54.6 Å². The molecular weight excluding hydrogens is 506 g/mol. The highest BCUT2D eigenvalue weighted by atomic mass is 15.1. The first-order chi connectivity index (χ1) is 20.3. The summed E-state index contributed by atoms with van der Waals surface area (Å²) in [6, 6.07) is 38.5. The molecule has 7 nitrogen and oxygen atoms in total. The van der Waals surface area contributed by atoms with Crippen molar-refractivity contribution in [2.75, 3.05) is 0 Å². The van der Waals surface area contributed by atoms with Crippen molar-refractivity contribution in [1.82, 2.24) is 34.3 Å². The third kappa shape index (κ3) is 3.99. The minimum atomic E-state index is 0.498. The summed E-state index contributed by atoms with van der Waals surface area (Å²) in [6.07, 6.45) is 3.46. The van der Waals surface area contributed by atoms with Crippen LogP contribution in [0.15, 0.2) is 128 Å². The van der Waals surface area contributed by atoms with Crippen LogP contribution in [0, 0.1) is 0 Å². The summed E-state index contributed by atoms with van der Waals surface area (Å²) in [5.74, 6) is 1.55. The second-order valence-corrected chi connectivity index (χ2v) is 9.69. The van der Waals surface area contributed by atoms with Gasteiger partial charge in [-0.15, -0.1) is 0 Å². The smallest absolute Gasteiger partial charge is 0.182 e. The fraction of sp³-hybridized carbons (Fsp3) is 0. The number of fused-ring (bicyclic) bond motifs is 5. The molecule has 5 heterocycles. The Morgan fingerprint density at radius 2 is 1.02 bits per heavy atom. The Labute approximate surface area is 234 Å². The Bertz CT molecular complexity index is 2130. The van der Waals surface area contributed by atoms with Crippen LogP contribution >= 0.6 is 0 Å². The molecule has 0 spiro atoms. The lowest BCUT2D eigenvalue weighted by atomic mass is 10.1. The van der Waals surface area contributed by atoms with E-state index in [1.54, 1.807) is 12.4 Å². The second kappa shape index (κ2) is 9.43. The van der Waals surface area contributed by atoms with Gasteiger partial charge in [0, 0.05) is 28.9 Å². The molecule has 3 aromatic carbocycles. The summed E-state index contributed by atoms with van der Waals surface area (Å²) in [4.78, 5) is 28.3. The zero-order chi connectivity index (χ0) is 27.2. The molecule has 0 N–H and O–H groups in total. The number of hydrogen-bond acceptors (Lipinski definition) is 6. The van der Waals surface area contributed by atoms with E-state index >= 15 is 0 Å². The monoisotopic (exact) mass is 527 g/mol. The van der Waals surface area contributed by atoms with Crippen LogP contribution in [-0.4, -0.2) is 34.3 Å². The molecule has 0 radical (unpaired) electrons. The number of pyridine rings is 2. The summed E-state index contributed by atoms with van der Waals surface area (Å²) >= 11 is 0. The maximum atomic E-state index is 5.10. The van der Waals surface area contributed by atoms with Crippen LogP contribution < -0.4 is 0 Å². The van der Waals surface area contributed by atoms with Gasteiger partial charge in [0.15, 0.2) is 17.5 Å². The molecule has 0 aliphatic carbocycles. The molecule has 41 heavy (non-hydrogen) atoms. The molecule has 0 saturated heterocycles. The van der Waals surface area contributed by atoms with Crippen molar-refractivity contribution in [3.8, 4) is 45.7 Å². The van der Waals surface area contributed by atoms with Gasteiger partial charge >= 0.3 is 0 Å². The van der Waals surface area contributed by atoms with E-state index in [-0.39, 0.29) is 0 Å². The Morgan fingerprint density at radius 1 is 0.439 bits per heavy atom. The van der Waals surface area contributed by atoms with Gasteiger partial charge in [-0.1, -0.05) is 66.7 Å². The van der Waals surface area contributed by atoms with Gasteiger partial charge in [0.05, 0.1) is 27.8 Å². The van der Waals surface area contributed by atoms with Crippen molar-refractivity contribution in [1.29, 1.82) is 0 Å². The minimum Gasteiger partial charge on any atom is -0.306 e. The molecule has 0 saturated carbocycles. The number of aromatic nitrogens is 7. The minimum absolute atomic E-state index is 0.498. The SMILES string of the molecule is c1ccc(-c2nc(-c3ccc(-c4nc5ccccc5n5c4cc4ccccc45)cc3)nc(-c3ccccn3)n2)nc1. The molecule has 0 aliphatic rings. The molecule has 192 valence electrons. The summed E-state index contributed by atoms with van der Waals surface area (Å²) in [5, 5.41) is 1.18. The van der Waals surface area contributed by atoms with Gasteiger partial charge in [0.2, 0.25) is 0 Å². The van der Waals surface area contributed by atoms with Crippen LogP contribution in [0.25, 0.3) is 73.1 Å². The van der Waals surface area contributed by atoms with Crippen molar-refractivity contribution in [2.24, 2.45) is 0 Å². The number of nitrogens with zero attached hydrogens (tertiary/aromatic N) is 7. The molecule has 8 aromatic rings. The summed E-state index contributed by atoms with van der Waals surface area (Å²) in [6.45, 7) is 0. The molecule has 8 rings (SSSR count). The van der Waals surface area contributed by atoms with E-state index in [0.717, 1.165) is 38.9 Å². The first-order valence-corrected chi connectivity index (χ1v) is 13.3. The van der Waals surface area contributed by atoms with E-state index < -0.39 is 0 Å². The van der Waals surface area contributed by atoms with Gasteiger partial charge in [-0.25, -0.2) is 19.9 Å². The first-order valence-electron chi connectivity index (χ1n) is 13.3. The quantitative estimate of drug-likeness (QED) is 0.239. The van der Waals surface area contributed by atoms with Crippen molar-refractivity contribution in [2.45, 2.75) is 0 Å². The van der Waals surface area contributed by atoms with Crippen LogP contribution in [0.4, 0.5) is 0 Å². The highest BCUT2D eigenvalue weighted by Gasteiger charge is 2.16. The molecular formula is C34H21N7. The zero-order valence-electron chi connectivity index (χ0n) is 21.8. The Balaban J connectivity index is 1.28. The van der Waals surface area contributed by atoms with Crippen LogP contribution in [0.5, 0.6) is 0 Å². The lowest BCUT2D eigenvalue weighted by Crippen LogP contribution is -2.01. The molecule has 0 unspecified atom stereocenters. The maximum Gasteiger partial charge on any atom is 0.182 e. The van der Waals surface area contributed by atoms with Gasteiger partial charge in [-0.2, -0.15) is 0 Å². The fourth-order valence-electron chi connectivity index (χ4n) is 5.23. The van der Waals surface area contributed by atoms with Crippen LogP contribution in [0.1, 0.15) is 0 Å². The standard InChI is InChI=1S/C34H21N7/c1-3-13-28-24(9-1)21-30-31(37-25-10-2-4-14-29(25)41(28)30)22-15-17-23(18-16-22)32-38-33(26-11-5-7-19-35-26)40-34(39-32)27-12-6-8-20-36-27/h1-21H. The van der Waals surface area contributed by atoms with Gasteiger partial charge < -0.3 is 4.40 Å². The molecule has 0 fully saturated rings. The molecule has 0 aliphatic heterocycles. The molecule has 7 heteroatoms.